The summed E-state index contributed by atoms with van der Waals surface area (Å²) in [5.41, 5.74) is 3.44. The lowest BCUT2D eigenvalue weighted by Gasteiger charge is -2.04. The number of carbonyl (C=O) groups is 2. The van der Waals surface area contributed by atoms with E-state index < -0.39 is 16.8 Å². The van der Waals surface area contributed by atoms with Gasteiger partial charge in [-0.1, -0.05) is 17.7 Å². The Morgan fingerprint density at radius 3 is 2.68 bits per heavy atom. The summed E-state index contributed by atoms with van der Waals surface area (Å²) < 4.78 is 10.3. The molecule has 0 unspecified atom stereocenters. The fourth-order valence-corrected chi connectivity index (χ4v) is 2.88. The minimum absolute atomic E-state index is 0.0844. The molecule has 3 aromatic rings. The Kier molecular flexibility index (Phi) is 6.83. The van der Waals surface area contributed by atoms with E-state index in [-0.39, 0.29) is 24.6 Å². The summed E-state index contributed by atoms with van der Waals surface area (Å²) in [5.74, 6) is -0.831. The monoisotopic (exact) mass is 444 g/mol. The minimum atomic E-state index is -0.566. The number of nitrogens with zero attached hydrogens (tertiary/aromatic N) is 2. The molecular formula is C20H17ClN4O6. The number of hydrogen-bond acceptors (Lipinski definition) is 7. The molecular weight excluding hydrogens is 428 g/mol. The van der Waals surface area contributed by atoms with E-state index in [1.54, 1.807) is 25.1 Å². The van der Waals surface area contributed by atoms with Gasteiger partial charge in [-0.05, 0) is 31.2 Å². The Hall–Kier alpha value is -3.92. The first-order chi connectivity index (χ1) is 14.9. The molecule has 10 nitrogen and oxygen atoms in total. The summed E-state index contributed by atoms with van der Waals surface area (Å²) in [5, 5.41) is 15.7. The number of H-pyrrole nitrogens is 1. The summed E-state index contributed by atoms with van der Waals surface area (Å²) in [6, 6.07) is 10.4. The molecule has 0 saturated carbocycles. The van der Waals surface area contributed by atoms with Crippen molar-refractivity contribution in [3.05, 3.63) is 68.9 Å². The van der Waals surface area contributed by atoms with Gasteiger partial charge in [-0.25, -0.2) is 10.2 Å². The first-order valence-electron chi connectivity index (χ1n) is 9.06. The van der Waals surface area contributed by atoms with Crippen molar-refractivity contribution in [3.63, 3.8) is 0 Å². The van der Waals surface area contributed by atoms with Gasteiger partial charge in [0.2, 0.25) is 0 Å². The van der Waals surface area contributed by atoms with Gasteiger partial charge in [0.1, 0.15) is 11.4 Å². The molecule has 0 aliphatic carbocycles. The average molecular weight is 445 g/mol. The van der Waals surface area contributed by atoms with Gasteiger partial charge in [-0.15, -0.1) is 0 Å². The van der Waals surface area contributed by atoms with Crippen molar-refractivity contribution in [2.45, 2.75) is 6.92 Å². The third kappa shape index (κ3) is 5.37. The quantitative estimate of drug-likeness (QED) is 0.236. The molecule has 0 atom stereocenters. The van der Waals surface area contributed by atoms with Crippen LogP contribution in [-0.4, -0.2) is 41.2 Å². The van der Waals surface area contributed by atoms with E-state index in [4.69, 9.17) is 21.1 Å². The molecule has 0 aliphatic rings. The Balaban J connectivity index is 1.68. The summed E-state index contributed by atoms with van der Waals surface area (Å²) in [6.45, 7) is 1.53. The summed E-state index contributed by atoms with van der Waals surface area (Å²) in [6.07, 6.45) is 1.32. The first kappa shape index (κ1) is 21.8. The number of hydrogen-bond donors (Lipinski definition) is 2. The molecule has 11 heteroatoms. The molecule has 1 heterocycles. The molecule has 0 bridgehead atoms. The second-order valence-electron chi connectivity index (χ2n) is 6.16. The van der Waals surface area contributed by atoms with Crippen molar-refractivity contribution in [3.8, 4) is 5.75 Å². The summed E-state index contributed by atoms with van der Waals surface area (Å²) >= 11 is 6.00. The lowest BCUT2D eigenvalue weighted by Crippen LogP contribution is -2.24. The highest BCUT2D eigenvalue weighted by Gasteiger charge is 2.18. The number of fused-ring (bicyclic) bond motifs is 1. The largest absolute Gasteiger partial charge is 0.484 e. The maximum atomic E-state index is 12.2. The third-order valence-electron chi connectivity index (χ3n) is 4.08. The molecule has 160 valence electrons. The number of nitrogens with one attached hydrogen (secondary N) is 2. The predicted octanol–water partition coefficient (Wildman–Crippen LogP) is 3.44. The van der Waals surface area contributed by atoms with Crippen LogP contribution in [0.2, 0.25) is 5.02 Å². The maximum absolute atomic E-state index is 12.2. The Labute approximate surface area is 180 Å². The van der Waals surface area contributed by atoms with Crippen molar-refractivity contribution in [1.82, 2.24) is 10.4 Å². The topological polar surface area (TPSA) is 136 Å². The number of non-ortho nitro benzene ring substituents is 1. The normalized spacial score (nSPS) is 10.9. The highest BCUT2D eigenvalue weighted by Crippen LogP contribution is 2.25. The maximum Gasteiger partial charge on any atom is 0.355 e. The van der Waals surface area contributed by atoms with Crippen LogP contribution in [0.15, 0.2) is 47.6 Å². The number of nitro groups is 1. The van der Waals surface area contributed by atoms with Crippen LogP contribution in [0.3, 0.4) is 0 Å². The van der Waals surface area contributed by atoms with E-state index in [9.17, 15) is 19.7 Å². The lowest BCUT2D eigenvalue weighted by atomic mass is 10.1. The number of ether oxygens (including phenoxy) is 2. The number of rotatable bonds is 8. The van der Waals surface area contributed by atoms with Crippen LogP contribution in [0.25, 0.3) is 10.9 Å². The van der Waals surface area contributed by atoms with E-state index in [0.717, 1.165) is 0 Å². The zero-order valence-electron chi connectivity index (χ0n) is 16.3. The zero-order valence-corrected chi connectivity index (χ0v) is 17.0. The van der Waals surface area contributed by atoms with Crippen LogP contribution in [0.4, 0.5) is 5.69 Å². The number of halogens is 1. The predicted molar refractivity (Wildman–Crippen MR) is 114 cm³/mol. The second kappa shape index (κ2) is 9.72. The highest BCUT2D eigenvalue weighted by molar-refractivity contribution is 6.31. The van der Waals surface area contributed by atoms with Gasteiger partial charge in [0, 0.05) is 33.6 Å². The van der Waals surface area contributed by atoms with Gasteiger partial charge in [0.05, 0.1) is 17.7 Å². The van der Waals surface area contributed by atoms with E-state index in [2.05, 4.69) is 15.5 Å². The van der Waals surface area contributed by atoms with E-state index in [1.165, 1.54) is 30.5 Å². The Morgan fingerprint density at radius 1 is 1.26 bits per heavy atom. The molecule has 1 amide bonds. The Bertz CT molecular complexity index is 1160. The number of hydrazone groups is 1. The molecule has 0 radical (unpaired) electrons. The highest BCUT2D eigenvalue weighted by atomic mass is 35.5. The van der Waals surface area contributed by atoms with Crippen molar-refractivity contribution < 1.29 is 24.0 Å². The molecule has 3 rings (SSSR count). The van der Waals surface area contributed by atoms with Crippen molar-refractivity contribution >= 4 is 46.3 Å². The SMILES string of the molecule is CCOC(=O)c1[nH]c2cc(Cl)ccc2c1/C=N/NC(=O)COc1ccc([N+](=O)[O-])cc1. The van der Waals surface area contributed by atoms with Crippen LogP contribution in [0.1, 0.15) is 23.0 Å². The summed E-state index contributed by atoms with van der Waals surface area (Å²) in [4.78, 5) is 37.3. The summed E-state index contributed by atoms with van der Waals surface area (Å²) in [7, 11) is 0. The van der Waals surface area contributed by atoms with Crippen LogP contribution >= 0.6 is 11.6 Å². The molecule has 1 aromatic heterocycles. The van der Waals surface area contributed by atoms with Gasteiger partial charge >= 0.3 is 5.97 Å². The molecule has 2 N–H and O–H groups in total. The van der Waals surface area contributed by atoms with Crippen LogP contribution in [0, 0.1) is 10.1 Å². The number of aromatic nitrogens is 1. The fraction of sp³-hybridized carbons (Fsp3) is 0.150. The number of nitro benzene ring substituents is 1. The van der Waals surface area contributed by atoms with E-state index in [0.29, 0.717) is 27.2 Å². The number of carbonyl (C=O) groups excluding carboxylic acids is 2. The number of esters is 1. The zero-order chi connectivity index (χ0) is 22.4. The molecule has 31 heavy (non-hydrogen) atoms. The van der Waals surface area contributed by atoms with Crippen molar-refractivity contribution in [2.24, 2.45) is 5.10 Å². The third-order valence-corrected chi connectivity index (χ3v) is 4.32. The van der Waals surface area contributed by atoms with Crippen LogP contribution in [-0.2, 0) is 9.53 Å². The van der Waals surface area contributed by atoms with Gasteiger partial charge in [-0.2, -0.15) is 5.10 Å². The van der Waals surface area contributed by atoms with E-state index >= 15 is 0 Å². The van der Waals surface area contributed by atoms with Crippen LogP contribution < -0.4 is 10.2 Å². The number of aromatic amines is 1. The molecule has 0 saturated heterocycles. The first-order valence-corrected chi connectivity index (χ1v) is 9.44. The molecule has 0 spiro atoms. The van der Waals surface area contributed by atoms with Gasteiger partial charge in [-0.3, -0.25) is 14.9 Å². The molecule has 2 aromatic carbocycles. The van der Waals surface area contributed by atoms with Crippen molar-refractivity contribution in [1.29, 1.82) is 0 Å². The van der Waals surface area contributed by atoms with Gasteiger partial charge in [0.25, 0.3) is 11.6 Å². The standard InChI is InChI=1S/C20H17ClN4O6/c1-2-30-20(27)19-16(15-8-3-12(21)9-17(15)23-19)10-22-24-18(26)11-31-14-6-4-13(5-7-14)25(28)29/h3-10,23H,2,11H2,1H3,(H,24,26)/b22-10+. The number of amides is 1. The number of benzene rings is 2. The average Bonchev–Trinajstić information content (AvgIpc) is 3.10. The second-order valence-corrected chi connectivity index (χ2v) is 6.59. The van der Waals surface area contributed by atoms with Crippen molar-refractivity contribution in [2.75, 3.05) is 13.2 Å². The lowest BCUT2D eigenvalue weighted by molar-refractivity contribution is -0.384. The van der Waals surface area contributed by atoms with Crippen LogP contribution in [0.5, 0.6) is 5.75 Å². The van der Waals surface area contributed by atoms with Gasteiger partial charge in [0.15, 0.2) is 6.61 Å². The van der Waals surface area contributed by atoms with Gasteiger partial charge < -0.3 is 14.5 Å². The smallest absolute Gasteiger partial charge is 0.355 e. The Morgan fingerprint density at radius 2 is 2.00 bits per heavy atom. The van der Waals surface area contributed by atoms with E-state index in [1.807, 2.05) is 0 Å². The molecule has 0 aliphatic heterocycles. The minimum Gasteiger partial charge on any atom is -0.484 e. The molecule has 0 fully saturated rings. The fourth-order valence-electron chi connectivity index (χ4n) is 2.70.